The minimum absolute atomic E-state index is 0.118. The summed E-state index contributed by atoms with van der Waals surface area (Å²) in [4.78, 5) is 11.5. The first-order valence-corrected chi connectivity index (χ1v) is 6.90. The van der Waals surface area contributed by atoms with Gasteiger partial charge in [-0.05, 0) is 31.9 Å². The van der Waals surface area contributed by atoms with Gasteiger partial charge in [0.05, 0.1) is 6.33 Å². The van der Waals surface area contributed by atoms with Gasteiger partial charge in [0.15, 0.2) is 0 Å². The fourth-order valence-electron chi connectivity index (χ4n) is 1.60. The number of hydrogen-bond donors (Lipinski definition) is 2. The molecule has 0 heterocycles. The van der Waals surface area contributed by atoms with Gasteiger partial charge in [0.2, 0.25) is 0 Å². The average Bonchev–Trinajstić information content (AvgIpc) is 2.42. The van der Waals surface area contributed by atoms with E-state index in [1.54, 1.807) is 20.8 Å². The first kappa shape index (κ1) is 17.2. The van der Waals surface area contributed by atoms with E-state index in [2.05, 4.69) is 10.6 Å². The van der Waals surface area contributed by atoms with Crippen LogP contribution in [-0.2, 0) is 11.3 Å². The molecule has 0 fully saturated rings. The van der Waals surface area contributed by atoms with Crippen molar-refractivity contribution >= 4 is 6.09 Å². The van der Waals surface area contributed by atoms with Gasteiger partial charge >= 0.3 is 6.09 Å². The molecular formula is C16H23FN2O2. The van der Waals surface area contributed by atoms with Crippen LogP contribution in [0.2, 0.25) is 0 Å². The third-order valence-electron chi connectivity index (χ3n) is 2.54. The molecule has 1 aromatic carbocycles. The van der Waals surface area contributed by atoms with Gasteiger partial charge in [-0.25, -0.2) is 9.18 Å². The largest absolute Gasteiger partial charge is 0.444 e. The number of halogens is 1. The van der Waals surface area contributed by atoms with Crippen LogP contribution in [0.5, 0.6) is 0 Å². The van der Waals surface area contributed by atoms with E-state index in [4.69, 9.17) is 4.74 Å². The molecule has 0 radical (unpaired) electrons. The zero-order chi connectivity index (χ0) is 15.7. The van der Waals surface area contributed by atoms with Crippen molar-refractivity contribution in [3.63, 3.8) is 0 Å². The summed E-state index contributed by atoms with van der Waals surface area (Å²) in [5, 5.41) is 5.65. The predicted molar refractivity (Wildman–Crippen MR) is 81.6 cm³/mol. The van der Waals surface area contributed by atoms with Crippen LogP contribution >= 0.6 is 0 Å². The Bertz CT molecular complexity index is 467. The molecule has 0 atom stereocenters. The van der Waals surface area contributed by atoms with Gasteiger partial charge in [0.25, 0.3) is 0 Å². The van der Waals surface area contributed by atoms with Crippen LogP contribution in [0.4, 0.5) is 9.18 Å². The van der Waals surface area contributed by atoms with Crippen molar-refractivity contribution in [3.8, 4) is 0 Å². The van der Waals surface area contributed by atoms with Crippen molar-refractivity contribution < 1.29 is 13.9 Å². The zero-order valence-corrected chi connectivity index (χ0v) is 12.8. The first-order valence-electron chi connectivity index (χ1n) is 6.90. The number of ether oxygens (including phenoxy) is 1. The van der Waals surface area contributed by atoms with Crippen LogP contribution in [0, 0.1) is 0 Å². The highest BCUT2D eigenvalue weighted by atomic mass is 19.1. The highest BCUT2D eigenvalue weighted by Gasteiger charge is 2.15. The highest BCUT2D eigenvalue weighted by Crippen LogP contribution is 2.06. The molecule has 0 aliphatic carbocycles. The lowest BCUT2D eigenvalue weighted by Gasteiger charge is -2.20. The van der Waals surface area contributed by atoms with Crippen LogP contribution in [0.15, 0.2) is 42.2 Å². The summed E-state index contributed by atoms with van der Waals surface area (Å²) in [6, 6.07) is 9.83. The smallest absolute Gasteiger partial charge is 0.407 e. The Kier molecular flexibility index (Phi) is 6.88. The van der Waals surface area contributed by atoms with E-state index in [0.717, 1.165) is 5.56 Å². The number of amides is 1. The third-order valence-corrected chi connectivity index (χ3v) is 2.54. The number of benzene rings is 1. The summed E-state index contributed by atoms with van der Waals surface area (Å²) in [5.74, 6) is 0. The van der Waals surface area contributed by atoms with Crippen LogP contribution < -0.4 is 10.6 Å². The Hall–Kier alpha value is -1.88. The fraction of sp³-hybridized carbons (Fsp3) is 0.438. The van der Waals surface area contributed by atoms with E-state index in [1.807, 2.05) is 30.3 Å². The standard InChI is InChI=1S/C16H23FN2O2/c1-16(2,3)21-15(20)19-12-14(9-17)11-18-10-13-7-5-4-6-8-13/h4-9,18H,10-12H2,1-3H3,(H,19,20). The van der Waals surface area contributed by atoms with Crippen molar-refractivity contribution in [2.75, 3.05) is 13.1 Å². The maximum atomic E-state index is 12.8. The molecule has 5 heteroatoms. The molecule has 1 rings (SSSR count). The van der Waals surface area contributed by atoms with Crippen molar-refractivity contribution in [1.29, 1.82) is 0 Å². The van der Waals surface area contributed by atoms with Gasteiger partial charge in [-0.15, -0.1) is 0 Å². The van der Waals surface area contributed by atoms with Crippen molar-refractivity contribution in [3.05, 3.63) is 47.8 Å². The van der Waals surface area contributed by atoms with Gasteiger partial charge in [-0.1, -0.05) is 30.3 Å². The number of nitrogens with one attached hydrogen (secondary N) is 2. The lowest BCUT2D eigenvalue weighted by atomic mass is 10.2. The second-order valence-corrected chi connectivity index (χ2v) is 5.71. The first-order chi connectivity index (χ1) is 9.90. The SMILES string of the molecule is CC(C)(C)OC(=O)NCC(=CF)CNCc1ccccc1. The minimum atomic E-state index is -0.560. The zero-order valence-electron chi connectivity index (χ0n) is 12.8. The molecule has 0 saturated heterocycles. The quantitative estimate of drug-likeness (QED) is 0.847. The Labute approximate surface area is 125 Å². The van der Waals surface area contributed by atoms with Crippen LogP contribution in [0.3, 0.4) is 0 Å². The van der Waals surface area contributed by atoms with E-state index >= 15 is 0 Å². The number of carbonyl (C=O) groups excluding carboxylic acids is 1. The summed E-state index contributed by atoms with van der Waals surface area (Å²) in [5.41, 5.74) is 1.02. The van der Waals surface area contributed by atoms with Crippen molar-refractivity contribution in [2.45, 2.75) is 32.9 Å². The lowest BCUT2D eigenvalue weighted by Crippen LogP contribution is -2.34. The molecule has 2 N–H and O–H groups in total. The molecule has 4 nitrogen and oxygen atoms in total. The Balaban J connectivity index is 2.28. The van der Waals surface area contributed by atoms with E-state index in [9.17, 15) is 9.18 Å². The molecular weight excluding hydrogens is 271 g/mol. The van der Waals surface area contributed by atoms with Gasteiger partial charge < -0.3 is 15.4 Å². The topological polar surface area (TPSA) is 50.4 Å². The molecule has 0 bridgehead atoms. The van der Waals surface area contributed by atoms with Gasteiger partial charge in [0, 0.05) is 19.6 Å². The monoisotopic (exact) mass is 294 g/mol. The van der Waals surface area contributed by atoms with Gasteiger partial charge in [0.1, 0.15) is 5.60 Å². The predicted octanol–water partition coefficient (Wildman–Crippen LogP) is 3.15. The highest BCUT2D eigenvalue weighted by molar-refractivity contribution is 5.68. The normalized spacial score (nSPS) is 12.1. The molecule has 0 spiro atoms. The number of rotatable bonds is 6. The molecule has 0 saturated carbocycles. The van der Waals surface area contributed by atoms with Gasteiger partial charge in [-0.2, -0.15) is 0 Å². The average molecular weight is 294 g/mol. The molecule has 0 aliphatic heterocycles. The van der Waals surface area contributed by atoms with Crippen LogP contribution in [-0.4, -0.2) is 24.8 Å². The van der Waals surface area contributed by atoms with Crippen LogP contribution in [0.1, 0.15) is 26.3 Å². The summed E-state index contributed by atoms with van der Waals surface area (Å²) in [7, 11) is 0. The number of alkyl carbamates (subject to hydrolysis) is 1. The van der Waals surface area contributed by atoms with Crippen molar-refractivity contribution in [1.82, 2.24) is 10.6 Å². The van der Waals surface area contributed by atoms with Crippen molar-refractivity contribution in [2.24, 2.45) is 0 Å². The van der Waals surface area contributed by atoms with Crippen LogP contribution in [0.25, 0.3) is 0 Å². The second kappa shape index (κ2) is 8.42. The van der Waals surface area contributed by atoms with Gasteiger partial charge in [-0.3, -0.25) is 0 Å². The maximum absolute atomic E-state index is 12.8. The van der Waals surface area contributed by atoms with E-state index in [-0.39, 0.29) is 6.54 Å². The second-order valence-electron chi connectivity index (χ2n) is 5.71. The summed E-state index contributed by atoms with van der Waals surface area (Å²) in [6.45, 7) is 6.46. The van der Waals surface area contributed by atoms with E-state index in [0.29, 0.717) is 25.0 Å². The minimum Gasteiger partial charge on any atom is -0.444 e. The molecule has 1 amide bonds. The van der Waals surface area contributed by atoms with E-state index < -0.39 is 11.7 Å². The van der Waals surface area contributed by atoms with E-state index in [1.165, 1.54) is 0 Å². The third kappa shape index (κ3) is 8.09. The molecule has 0 unspecified atom stereocenters. The number of hydrogen-bond acceptors (Lipinski definition) is 3. The summed E-state index contributed by atoms with van der Waals surface area (Å²) in [6.07, 6.45) is -0.0417. The Morgan fingerprint density at radius 1 is 1.24 bits per heavy atom. The lowest BCUT2D eigenvalue weighted by molar-refractivity contribution is 0.0532. The summed E-state index contributed by atoms with van der Waals surface area (Å²) < 4.78 is 17.9. The molecule has 21 heavy (non-hydrogen) atoms. The molecule has 0 aromatic heterocycles. The molecule has 116 valence electrons. The molecule has 1 aromatic rings. The Morgan fingerprint density at radius 2 is 1.90 bits per heavy atom. The fourth-order valence-corrected chi connectivity index (χ4v) is 1.60. The maximum Gasteiger partial charge on any atom is 0.407 e. The summed E-state index contributed by atoms with van der Waals surface area (Å²) >= 11 is 0. The number of carbonyl (C=O) groups is 1. The Morgan fingerprint density at radius 3 is 2.48 bits per heavy atom. The molecule has 0 aliphatic rings.